The van der Waals surface area contributed by atoms with Gasteiger partial charge in [-0.2, -0.15) is 9.97 Å². The Morgan fingerprint density at radius 3 is 2.58 bits per heavy atom. The summed E-state index contributed by atoms with van der Waals surface area (Å²) in [5.74, 6) is 0.763. The van der Waals surface area contributed by atoms with Crippen LogP contribution in [0.5, 0.6) is 0 Å². The van der Waals surface area contributed by atoms with Gasteiger partial charge in [0.05, 0.1) is 17.3 Å². The second-order valence-corrected chi connectivity index (χ2v) is 11.1. The third-order valence-corrected chi connectivity index (χ3v) is 7.11. The van der Waals surface area contributed by atoms with Gasteiger partial charge in [-0.3, -0.25) is 9.10 Å². The highest BCUT2D eigenvalue weighted by Crippen LogP contribution is 2.26. The molecule has 0 saturated heterocycles. The summed E-state index contributed by atoms with van der Waals surface area (Å²) in [6.07, 6.45) is 2.95. The maximum atomic E-state index is 12.5. The lowest BCUT2D eigenvalue weighted by Gasteiger charge is -2.20. The molecule has 0 aliphatic carbocycles. The van der Waals surface area contributed by atoms with Crippen molar-refractivity contribution in [2.75, 3.05) is 55.4 Å². The van der Waals surface area contributed by atoms with Crippen LogP contribution in [0.15, 0.2) is 60.8 Å². The Morgan fingerprint density at radius 1 is 1.03 bits per heavy atom. The predicted octanol–water partition coefficient (Wildman–Crippen LogP) is 3.00. The van der Waals surface area contributed by atoms with E-state index in [2.05, 4.69) is 30.9 Å². The Balaban J connectivity index is 1.54. The van der Waals surface area contributed by atoms with Crippen molar-refractivity contribution in [3.63, 3.8) is 0 Å². The van der Waals surface area contributed by atoms with Gasteiger partial charge >= 0.3 is 0 Å². The van der Waals surface area contributed by atoms with Gasteiger partial charge in [-0.1, -0.05) is 24.3 Å². The van der Waals surface area contributed by atoms with Crippen LogP contribution in [-0.4, -0.2) is 74.7 Å². The summed E-state index contributed by atoms with van der Waals surface area (Å²) >= 11 is 0. The van der Waals surface area contributed by atoms with Crippen LogP contribution in [0, 0.1) is 0 Å². The van der Waals surface area contributed by atoms with Crippen LogP contribution in [0.4, 0.5) is 23.1 Å². The molecule has 0 atom stereocenters. The molecule has 38 heavy (non-hydrogen) atoms. The maximum Gasteiger partial charge on any atom is 0.251 e. The van der Waals surface area contributed by atoms with Crippen molar-refractivity contribution in [3.05, 3.63) is 71.9 Å². The molecule has 0 aliphatic rings. The van der Waals surface area contributed by atoms with E-state index in [1.807, 2.05) is 43.3 Å². The number of hydrogen-bond donors (Lipinski definition) is 4. The average molecular weight is 537 g/mol. The van der Waals surface area contributed by atoms with Crippen molar-refractivity contribution in [2.24, 2.45) is 0 Å². The minimum absolute atomic E-state index is 0.156. The van der Waals surface area contributed by atoms with Crippen molar-refractivity contribution >= 4 is 50.1 Å². The number of likely N-dealkylation sites (N-methyl/N-ethyl adjacent to an activating group) is 1. The molecule has 0 saturated carbocycles. The van der Waals surface area contributed by atoms with Gasteiger partial charge in [0.25, 0.3) is 5.91 Å². The first-order chi connectivity index (χ1) is 18.1. The Morgan fingerprint density at radius 2 is 1.82 bits per heavy atom. The summed E-state index contributed by atoms with van der Waals surface area (Å²) in [5.41, 5.74) is 3.21. The van der Waals surface area contributed by atoms with Crippen molar-refractivity contribution in [1.82, 2.24) is 25.2 Å². The summed E-state index contributed by atoms with van der Waals surface area (Å²) < 4.78 is 25.5. The molecular weight excluding hydrogens is 504 g/mol. The molecule has 0 unspecified atom stereocenters. The second-order valence-electron chi connectivity index (χ2n) is 9.11. The van der Waals surface area contributed by atoms with E-state index in [1.165, 1.54) is 17.6 Å². The third-order valence-electron chi connectivity index (χ3n) is 5.92. The minimum atomic E-state index is -3.41. The number of amides is 1. The van der Waals surface area contributed by atoms with Crippen LogP contribution in [-0.2, 0) is 16.6 Å². The molecule has 4 rings (SSSR count). The van der Waals surface area contributed by atoms with E-state index in [-0.39, 0.29) is 5.91 Å². The van der Waals surface area contributed by atoms with Crippen LogP contribution in [0.3, 0.4) is 0 Å². The number of rotatable bonds is 11. The number of para-hydroxylation sites is 1. The molecule has 0 radical (unpaired) electrons. The van der Waals surface area contributed by atoms with Gasteiger partial charge in [0.15, 0.2) is 0 Å². The minimum Gasteiger partial charge on any atom is -0.365 e. The molecule has 0 spiro atoms. The molecule has 0 aliphatic heterocycles. The molecule has 200 valence electrons. The normalized spacial score (nSPS) is 11.5. The fourth-order valence-corrected chi connectivity index (χ4v) is 4.35. The van der Waals surface area contributed by atoms with Gasteiger partial charge in [-0.15, -0.1) is 0 Å². The molecule has 1 amide bonds. The Labute approximate surface area is 222 Å². The van der Waals surface area contributed by atoms with Gasteiger partial charge in [0.2, 0.25) is 16.0 Å². The van der Waals surface area contributed by atoms with Crippen LogP contribution < -0.4 is 20.3 Å². The number of anilines is 4. The molecule has 4 N–H and O–H groups in total. The smallest absolute Gasteiger partial charge is 0.251 e. The molecule has 2 aromatic carbocycles. The summed E-state index contributed by atoms with van der Waals surface area (Å²) in [6, 6.07) is 16.3. The van der Waals surface area contributed by atoms with Gasteiger partial charge < -0.3 is 25.8 Å². The lowest BCUT2D eigenvalue weighted by atomic mass is 10.1. The largest absolute Gasteiger partial charge is 0.365 e. The lowest BCUT2D eigenvalue weighted by molar-refractivity contribution is 0.0951. The first-order valence-electron chi connectivity index (χ1n) is 12.0. The fourth-order valence-electron chi connectivity index (χ4n) is 3.82. The number of carbonyl (C=O) groups excluding carboxylic acids is 1. The highest BCUT2D eigenvalue weighted by atomic mass is 32.2. The van der Waals surface area contributed by atoms with Crippen molar-refractivity contribution < 1.29 is 13.2 Å². The van der Waals surface area contributed by atoms with Gasteiger partial charge in [-0.05, 0) is 50.0 Å². The summed E-state index contributed by atoms with van der Waals surface area (Å²) in [4.78, 5) is 26.9. The van der Waals surface area contributed by atoms with Crippen molar-refractivity contribution in [2.45, 2.75) is 6.54 Å². The Hall–Kier alpha value is -4.16. The zero-order chi connectivity index (χ0) is 27.3. The first kappa shape index (κ1) is 26.9. The highest BCUT2D eigenvalue weighted by molar-refractivity contribution is 7.92. The van der Waals surface area contributed by atoms with Crippen LogP contribution in [0.1, 0.15) is 15.9 Å². The number of nitrogens with one attached hydrogen (secondary N) is 4. The van der Waals surface area contributed by atoms with Gasteiger partial charge in [0, 0.05) is 44.1 Å². The van der Waals surface area contributed by atoms with Crippen LogP contribution in [0.25, 0.3) is 11.0 Å². The number of nitrogens with zero attached hydrogens (tertiary/aromatic N) is 4. The summed E-state index contributed by atoms with van der Waals surface area (Å²) in [5, 5.41) is 10.2. The van der Waals surface area contributed by atoms with E-state index >= 15 is 0 Å². The maximum absolute atomic E-state index is 12.5. The van der Waals surface area contributed by atoms with Gasteiger partial charge in [-0.25, -0.2) is 8.42 Å². The number of carbonyl (C=O) groups is 1. The molecule has 12 heteroatoms. The zero-order valence-corrected chi connectivity index (χ0v) is 22.6. The van der Waals surface area contributed by atoms with E-state index in [0.29, 0.717) is 47.4 Å². The molecule has 11 nitrogen and oxygen atoms in total. The number of hydrogen-bond acceptors (Lipinski definition) is 8. The highest BCUT2D eigenvalue weighted by Gasteiger charge is 2.16. The SMILES string of the molecule is CN(C)CCNC(=O)c1cccc(Nc2nc(NCc3ccccc3N(C)S(C)(=O)=O)c3cc[nH]c3n2)c1. The van der Waals surface area contributed by atoms with E-state index in [0.717, 1.165) is 17.5 Å². The number of aromatic nitrogens is 3. The zero-order valence-electron chi connectivity index (χ0n) is 21.8. The molecule has 2 aromatic heterocycles. The third kappa shape index (κ3) is 6.58. The standard InChI is InChI=1S/C26H32N8O3S/c1-33(2)15-14-28-25(35)18-9-7-10-20(16-18)30-26-31-23-21(12-13-27-23)24(32-26)29-17-19-8-5-6-11-22(19)34(3)38(4,36)37/h5-13,16H,14-15,17H2,1-4H3,(H,28,35)(H3,27,29,30,31,32). The molecule has 0 fully saturated rings. The Bertz CT molecular complexity index is 1530. The molecule has 0 bridgehead atoms. The fraction of sp³-hybridized carbons (Fsp3) is 0.269. The van der Waals surface area contributed by atoms with E-state index < -0.39 is 10.0 Å². The molecular formula is C26H32N8O3S. The van der Waals surface area contributed by atoms with Crippen molar-refractivity contribution in [3.8, 4) is 0 Å². The Kier molecular flexibility index (Phi) is 8.13. The quantitative estimate of drug-likeness (QED) is 0.230. The summed E-state index contributed by atoms with van der Waals surface area (Å²) in [7, 11) is 2.02. The molecule has 2 heterocycles. The predicted molar refractivity (Wildman–Crippen MR) is 152 cm³/mol. The average Bonchev–Trinajstić information content (AvgIpc) is 3.35. The number of fused-ring (bicyclic) bond motifs is 1. The topological polar surface area (TPSA) is 135 Å². The van der Waals surface area contributed by atoms with Gasteiger partial charge in [0.1, 0.15) is 11.5 Å². The second kappa shape index (κ2) is 11.5. The summed E-state index contributed by atoms with van der Waals surface area (Å²) in [6.45, 7) is 1.64. The molecule has 4 aromatic rings. The number of aromatic amines is 1. The first-order valence-corrected chi connectivity index (χ1v) is 13.9. The van der Waals surface area contributed by atoms with E-state index in [4.69, 9.17) is 0 Å². The number of sulfonamides is 1. The number of H-pyrrole nitrogens is 1. The van der Waals surface area contributed by atoms with Crippen LogP contribution in [0.2, 0.25) is 0 Å². The van der Waals surface area contributed by atoms with E-state index in [9.17, 15) is 13.2 Å². The van der Waals surface area contributed by atoms with E-state index in [1.54, 1.807) is 36.5 Å². The monoisotopic (exact) mass is 536 g/mol. The van der Waals surface area contributed by atoms with Crippen molar-refractivity contribution in [1.29, 1.82) is 0 Å². The number of benzene rings is 2. The lowest BCUT2D eigenvalue weighted by Crippen LogP contribution is -2.31. The van der Waals surface area contributed by atoms with Crippen LogP contribution >= 0.6 is 0 Å².